The highest BCUT2D eigenvalue weighted by Gasteiger charge is 2.10. The number of hydrogen-bond acceptors (Lipinski definition) is 5. The molecule has 1 aromatic carbocycles. The van der Waals surface area contributed by atoms with Crippen molar-refractivity contribution < 1.29 is 9.59 Å². The van der Waals surface area contributed by atoms with E-state index in [-0.39, 0.29) is 5.91 Å². The Kier molecular flexibility index (Phi) is 5.64. The number of urea groups is 1. The molecule has 0 radical (unpaired) electrons. The Morgan fingerprint density at radius 2 is 1.83 bits per heavy atom. The Morgan fingerprint density at radius 3 is 2.39 bits per heavy atom. The molecule has 0 atom stereocenters. The number of primary amides is 1. The standard InChI is InChI=1S/C15H19N5O2S/c1-9(2)14-20-19-12(23-14)8-17-13(21)11-5-3-10(4-6-11)7-18-15(16)22/h3-6,9H,7-8H2,1-2H3,(H,17,21)(H3,16,18,22). The summed E-state index contributed by atoms with van der Waals surface area (Å²) in [5, 5.41) is 15.2. The molecule has 8 heteroatoms. The average Bonchev–Trinajstić information content (AvgIpc) is 3.00. The van der Waals surface area contributed by atoms with Crippen molar-refractivity contribution in [3.63, 3.8) is 0 Å². The van der Waals surface area contributed by atoms with Crippen LogP contribution >= 0.6 is 11.3 Å². The molecule has 2 rings (SSSR count). The largest absolute Gasteiger partial charge is 0.352 e. The molecule has 0 spiro atoms. The molecule has 0 aliphatic heterocycles. The third-order valence-corrected chi connectivity index (χ3v) is 4.28. The van der Waals surface area contributed by atoms with Crippen LogP contribution in [0.5, 0.6) is 0 Å². The topological polar surface area (TPSA) is 110 Å². The van der Waals surface area contributed by atoms with Crippen molar-refractivity contribution in [3.05, 3.63) is 45.4 Å². The molecule has 7 nitrogen and oxygen atoms in total. The summed E-state index contributed by atoms with van der Waals surface area (Å²) in [6, 6.07) is 6.36. The van der Waals surface area contributed by atoms with Crippen LogP contribution in [-0.2, 0) is 13.1 Å². The first-order valence-corrected chi connectivity index (χ1v) is 8.00. The van der Waals surface area contributed by atoms with E-state index in [0.29, 0.717) is 24.6 Å². The molecule has 4 N–H and O–H groups in total. The zero-order chi connectivity index (χ0) is 16.8. The van der Waals surface area contributed by atoms with Crippen LogP contribution in [0.3, 0.4) is 0 Å². The third-order valence-electron chi connectivity index (χ3n) is 3.06. The van der Waals surface area contributed by atoms with E-state index in [2.05, 4.69) is 34.7 Å². The maximum absolute atomic E-state index is 12.1. The van der Waals surface area contributed by atoms with Gasteiger partial charge in [0.05, 0.1) is 6.54 Å². The van der Waals surface area contributed by atoms with E-state index < -0.39 is 6.03 Å². The summed E-state index contributed by atoms with van der Waals surface area (Å²) in [4.78, 5) is 22.7. The Morgan fingerprint density at radius 1 is 1.13 bits per heavy atom. The fourth-order valence-electron chi connectivity index (χ4n) is 1.79. The second-order valence-electron chi connectivity index (χ2n) is 5.29. The molecule has 3 amide bonds. The van der Waals surface area contributed by atoms with E-state index in [4.69, 9.17) is 5.73 Å². The highest BCUT2D eigenvalue weighted by atomic mass is 32.1. The van der Waals surface area contributed by atoms with E-state index >= 15 is 0 Å². The lowest BCUT2D eigenvalue weighted by atomic mass is 10.1. The monoisotopic (exact) mass is 333 g/mol. The van der Waals surface area contributed by atoms with Crippen LogP contribution < -0.4 is 16.4 Å². The van der Waals surface area contributed by atoms with Crippen molar-refractivity contribution in [2.75, 3.05) is 0 Å². The molecule has 0 bridgehead atoms. The minimum absolute atomic E-state index is 0.180. The quantitative estimate of drug-likeness (QED) is 0.748. The number of hydrogen-bond donors (Lipinski definition) is 3. The molecule has 2 aromatic rings. The summed E-state index contributed by atoms with van der Waals surface area (Å²) in [6.45, 7) is 4.79. The Bertz CT molecular complexity index is 681. The number of nitrogens with one attached hydrogen (secondary N) is 2. The predicted molar refractivity (Wildman–Crippen MR) is 88.0 cm³/mol. The number of nitrogens with zero attached hydrogens (tertiary/aromatic N) is 2. The molecule has 0 saturated heterocycles. The fourth-order valence-corrected chi connectivity index (χ4v) is 2.58. The summed E-state index contributed by atoms with van der Waals surface area (Å²) in [5.41, 5.74) is 6.42. The van der Waals surface area contributed by atoms with E-state index in [0.717, 1.165) is 15.6 Å². The van der Waals surface area contributed by atoms with Crippen molar-refractivity contribution in [2.45, 2.75) is 32.9 Å². The van der Waals surface area contributed by atoms with Crippen LogP contribution in [0.2, 0.25) is 0 Å². The minimum atomic E-state index is -0.579. The van der Waals surface area contributed by atoms with E-state index in [1.165, 1.54) is 11.3 Å². The second-order valence-corrected chi connectivity index (χ2v) is 6.38. The molecule has 0 aliphatic rings. The highest BCUT2D eigenvalue weighted by Crippen LogP contribution is 2.18. The van der Waals surface area contributed by atoms with Gasteiger partial charge in [-0.1, -0.05) is 37.3 Å². The number of rotatable bonds is 6. The number of benzene rings is 1. The predicted octanol–water partition coefficient (Wildman–Crippen LogP) is 1.76. The zero-order valence-electron chi connectivity index (χ0n) is 13.0. The average molecular weight is 333 g/mol. The number of carbonyl (C=O) groups excluding carboxylic acids is 2. The van der Waals surface area contributed by atoms with Gasteiger partial charge in [0.1, 0.15) is 10.0 Å². The molecule has 0 fully saturated rings. The summed E-state index contributed by atoms with van der Waals surface area (Å²) in [7, 11) is 0. The van der Waals surface area contributed by atoms with Crippen molar-refractivity contribution in [2.24, 2.45) is 5.73 Å². The zero-order valence-corrected chi connectivity index (χ0v) is 13.8. The third kappa shape index (κ3) is 5.03. The summed E-state index contributed by atoms with van der Waals surface area (Å²) in [6.07, 6.45) is 0. The van der Waals surface area contributed by atoms with Gasteiger partial charge in [-0.15, -0.1) is 10.2 Å². The van der Waals surface area contributed by atoms with Crippen LogP contribution in [0.15, 0.2) is 24.3 Å². The van der Waals surface area contributed by atoms with Gasteiger partial charge in [-0.2, -0.15) is 0 Å². The van der Waals surface area contributed by atoms with Gasteiger partial charge in [-0.3, -0.25) is 4.79 Å². The molecule has 0 aliphatic carbocycles. The smallest absolute Gasteiger partial charge is 0.312 e. The molecule has 122 valence electrons. The Labute approximate surface area is 138 Å². The van der Waals surface area contributed by atoms with Gasteiger partial charge in [0, 0.05) is 18.0 Å². The van der Waals surface area contributed by atoms with Crippen LogP contribution in [0, 0.1) is 0 Å². The van der Waals surface area contributed by atoms with Gasteiger partial charge in [0.25, 0.3) is 5.91 Å². The first kappa shape index (κ1) is 16.9. The van der Waals surface area contributed by atoms with Crippen molar-refractivity contribution in [1.29, 1.82) is 0 Å². The van der Waals surface area contributed by atoms with Gasteiger partial charge in [0.2, 0.25) is 0 Å². The maximum Gasteiger partial charge on any atom is 0.312 e. The van der Waals surface area contributed by atoms with Crippen molar-refractivity contribution in [1.82, 2.24) is 20.8 Å². The SMILES string of the molecule is CC(C)c1nnc(CNC(=O)c2ccc(CNC(N)=O)cc2)s1. The number of aromatic nitrogens is 2. The molecule has 1 aromatic heterocycles. The summed E-state index contributed by atoms with van der Waals surface area (Å²) < 4.78 is 0. The van der Waals surface area contributed by atoms with Crippen LogP contribution in [-0.4, -0.2) is 22.1 Å². The maximum atomic E-state index is 12.1. The number of amides is 3. The van der Waals surface area contributed by atoms with Gasteiger partial charge in [0.15, 0.2) is 0 Å². The lowest BCUT2D eigenvalue weighted by molar-refractivity contribution is 0.0950. The van der Waals surface area contributed by atoms with Crippen molar-refractivity contribution >= 4 is 23.3 Å². The van der Waals surface area contributed by atoms with Gasteiger partial charge in [-0.25, -0.2) is 4.79 Å². The molecule has 1 heterocycles. The molecular weight excluding hydrogens is 314 g/mol. The van der Waals surface area contributed by atoms with Crippen LogP contribution in [0.1, 0.15) is 45.7 Å². The summed E-state index contributed by atoms with van der Waals surface area (Å²) in [5.74, 6) is 0.152. The molecule has 0 unspecified atom stereocenters. The second kappa shape index (κ2) is 7.68. The van der Waals surface area contributed by atoms with Gasteiger partial charge >= 0.3 is 6.03 Å². The molecule has 23 heavy (non-hydrogen) atoms. The Hall–Kier alpha value is -2.48. The Balaban J connectivity index is 1.88. The van der Waals surface area contributed by atoms with E-state index in [9.17, 15) is 9.59 Å². The van der Waals surface area contributed by atoms with Gasteiger partial charge < -0.3 is 16.4 Å². The lowest BCUT2D eigenvalue weighted by Crippen LogP contribution is -2.28. The van der Waals surface area contributed by atoms with Gasteiger partial charge in [-0.05, 0) is 17.7 Å². The minimum Gasteiger partial charge on any atom is -0.352 e. The normalized spacial score (nSPS) is 10.6. The number of carbonyl (C=O) groups is 2. The first-order valence-electron chi connectivity index (χ1n) is 7.18. The van der Waals surface area contributed by atoms with Crippen molar-refractivity contribution in [3.8, 4) is 0 Å². The lowest BCUT2D eigenvalue weighted by Gasteiger charge is -2.05. The van der Waals surface area contributed by atoms with E-state index in [1.807, 2.05) is 0 Å². The van der Waals surface area contributed by atoms with Crippen LogP contribution in [0.25, 0.3) is 0 Å². The fraction of sp³-hybridized carbons (Fsp3) is 0.333. The van der Waals surface area contributed by atoms with Crippen LogP contribution in [0.4, 0.5) is 4.79 Å². The first-order chi connectivity index (χ1) is 11.0. The highest BCUT2D eigenvalue weighted by molar-refractivity contribution is 7.11. The summed E-state index contributed by atoms with van der Waals surface area (Å²) >= 11 is 1.50. The molecular formula is C15H19N5O2S. The van der Waals surface area contributed by atoms with E-state index in [1.54, 1.807) is 24.3 Å². The molecule has 0 saturated carbocycles. The number of nitrogens with two attached hydrogens (primary N) is 1.